The summed E-state index contributed by atoms with van der Waals surface area (Å²) in [7, 11) is 6.54. The number of nitro groups is 1. The zero-order chi connectivity index (χ0) is 19.5. The van der Waals surface area contributed by atoms with E-state index < -0.39 is 0 Å². The number of hydrogen-bond donors (Lipinski definition) is 0. The summed E-state index contributed by atoms with van der Waals surface area (Å²) in [4.78, 5) is 17.5. The molecule has 0 radical (unpaired) electrons. The third-order valence-corrected chi connectivity index (χ3v) is 4.69. The first-order valence-corrected chi connectivity index (χ1v) is 9.60. The van der Waals surface area contributed by atoms with Gasteiger partial charge in [0.2, 0.25) is 0 Å². The lowest BCUT2D eigenvalue weighted by atomic mass is 10.0. The molecule has 0 spiro atoms. The van der Waals surface area contributed by atoms with E-state index in [-0.39, 0.29) is 10.6 Å². The van der Waals surface area contributed by atoms with Gasteiger partial charge in [0.15, 0.2) is 0 Å². The molecule has 0 aromatic heterocycles. The van der Waals surface area contributed by atoms with Crippen molar-refractivity contribution in [3.8, 4) is 0 Å². The molecule has 0 N–H and O–H groups in total. The van der Waals surface area contributed by atoms with E-state index in [0.29, 0.717) is 5.92 Å². The molecule has 1 rings (SSSR count). The topological polar surface area (TPSA) is 52.9 Å². The SMILES string of the molecule is CCCN(C)CCN(C)CCN(C)CC(C)Cc1ccc([N+](=O)[O-])cc1. The lowest BCUT2D eigenvalue weighted by Crippen LogP contribution is -2.37. The van der Waals surface area contributed by atoms with Gasteiger partial charge >= 0.3 is 0 Å². The molecule has 0 saturated carbocycles. The van der Waals surface area contributed by atoms with Crippen LogP contribution in [0.5, 0.6) is 0 Å². The Morgan fingerprint density at radius 1 is 0.923 bits per heavy atom. The third kappa shape index (κ3) is 9.27. The van der Waals surface area contributed by atoms with Crippen molar-refractivity contribution < 1.29 is 4.92 Å². The van der Waals surface area contributed by atoms with Crippen LogP contribution < -0.4 is 0 Å². The lowest BCUT2D eigenvalue weighted by Gasteiger charge is -2.26. The Morgan fingerprint density at radius 3 is 1.92 bits per heavy atom. The highest BCUT2D eigenvalue weighted by Gasteiger charge is 2.10. The van der Waals surface area contributed by atoms with E-state index in [4.69, 9.17) is 0 Å². The minimum Gasteiger partial charge on any atom is -0.305 e. The summed E-state index contributed by atoms with van der Waals surface area (Å²) in [6, 6.07) is 6.93. The second-order valence-electron chi connectivity index (χ2n) is 7.60. The maximum atomic E-state index is 10.7. The molecule has 0 aliphatic rings. The van der Waals surface area contributed by atoms with Gasteiger partial charge in [-0.05, 0) is 52.0 Å². The summed E-state index contributed by atoms with van der Waals surface area (Å²) < 4.78 is 0. The fraction of sp³-hybridized carbons (Fsp3) is 0.700. The zero-order valence-electron chi connectivity index (χ0n) is 17.1. The number of non-ortho nitro benzene ring substituents is 1. The average Bonchev–Trinajstić information content (AvgIpc) is 2.58. The van der Waals surface area contributed by atoms with Gasteiger partial charge in [-0.25, -0.2) is 0 Å². The standard InChI is InChI=1S/C20H36N4O2/c1-6-11-21(3)12-13-22(4)14-15-23(5)17-18(2)16-19-7-9-20(10-8-19)24(25)26/h7-10,18H,6,11-17H2,1-5H3. The number of nitro benzene ring substituents is 1. The van der Waals surface area contributed by atoms with Gasteiger partial charge in [0.1, 0.15) is 0 Å². The lowest BCUT2D eigenvalue weighted by molar-refractivity contribution is -0.384. The van der Waals surface area contributed by atoms with Gasteiger partial charge in [-0.2, -0.15) is 0 Å². The van der Waals surface area contributed by atoms with Crippen molar-refractivity contribution in [1.29, 1.82) is 0 Å². The molecule has 0 aliphatic carbocycles. The first-order valence-electron chi connectivity index (χ1n) is 9.60. The third-order valence-electron chi connectivity index (χ3n) is 4.69. The monoisotopic (exact) mass is 364 g/mol. The van der Waals surface area contributed by atoms with E-state index in [9.17, 15) is 10.1 Å². The van der Waals surface area contributed by atoms with E-state index in [1.807, 2.05) is 12.1 Å². The highest BCUT2D eigenvalue weighted by molar-refractivity contribution is 5.33. The summed E-state index contributed by atoms with van der Waals surface area (Å²) in [5, 5.41) is 10.7. The predicted molar refractivity (Wildman–Crippen MR) is 109 cm³/mol. The van der Waals surface area contributed by atoms with Crippen molar-refractivity contribution in [2.45, 2.75) is 26.7 Å². The molecule has 148 valence electrons. The Balaban J connectivity index is 2.26. The van der Waals surface area contributed by atoms with Gasteiger partial charge in [-0.15, -0.1) is 0 Å². The summed E-state index contributed by atoms with van der Waals surface area (Å²) in [6.07, 6.45) is 2.15. The van der Waals surface area contributed by atoms with Crippen LogP contribution in [0.4, 0.5) is 5.69 Å². The van der Waals surface area contributed by atoms with Crippen LogP contribution in [0.2, 0.25) is 0 Å². The van der Waals surface area contributed by atoms with Crippen LogP contribution in [0.1, 0.15) is 25.8 Å². The van der Waals surface area contributed by atoms with Crippen LogP contribution in [-0.4, -0.2) is 80.0 Å². The molecular formula is C20H36N4O2. The highest BCUT2D eigenvalue weighted by Crippen LogP contribution is 2.15. The van der Waals surface area contributed by atoms with Gasteiger partial charge < -0.3 is 14.7 Å². The fourth-order valence-corrected chi connectivity index (χ4v) is 3.13. The molecule has 26 heavy (non-hydrogen) atoms. The molecule has 6 heteroatoms. The van der Waals surface area contributed by atoms with Crippen molar-refractivity contribution in [3.63, 3.8) is 0 Å². The van der Waals surface area contributed by atoms with Gasteiger partial charge in [-0.1, -0.05) is 26.0 Å². The normalized spacial score (nSPS) is 12.9. The van der Waals surface area contributed by atoms with Crippen LogP contribution >= 0.6 is 0 Å². The second-order valence-corrected chi connectivity index (χ2v) is 7.60. The largest absolute Gasteiger partial charge is 0.305 e. The molecule has 6 nitrogen and oxygen atoms in total. The molecule has 0 saturated heterocycles. The van der Waals surface area contributed by atoms with Crippen molar-refractivity contribution in [3.05, 3.63) is 39.9 Å². The van der Waals surface area contributed by atoms with Crippen molar-refractivity contribution in [1.82, 2.24) is 14.7 Å². The van der Waals surface area contributed by atoms with E-state index >= 15 is 0 Å². The number of rotatable bonds is 13. The number of benzene rings is 1. The van der Waals surface area contributed by atoms with Gasteiger partial charge in [0.25, 0.3) is 5.69 Å². The molecule has 1 aromatic carbocycles. The van der Waals surface area contributed by atoms with Crippen molar-refractivity contribution in [2.24, 2.45) is 5.92 Å². The Labute approximate surface area is 158 Å². The quantitative estimate of drug-likeness (QED) is 0.398. The molecule has 0 fully saturated rings. The fourth-order valence-electron chi connectivity index (χ4n) is 3.13. The maximum Gasteiger partial charge on any atom is 0.269 e. The van der Waals surface area contributed by atoms with E-state index in [0.717, 1.165) is 51.3 Å². The zero-order valence-corrected chi connectivity index (χ0v) is 17.1. The van der Waals surface area contributed by atoms with Crippen molar-refractivity contribution in [2.75, 3.05) is 60.4 Å². The Kier molecular flexibility index (Phi) is 10.4. The van der Waals surface area contributed by atoms with Crippen LogP contribution in [0.3, 0.4) is 0 Å². The maximum absolute atomic E-state index is 10.7. The average molecular weight is 365 g/mol. The minimum atomic E-state index is -0.350. The van der Waals surface area contributed by atoms with Gasteiger partial charge in [-0.3, -0.25) is 10.1 Å². The molecule has 0 amide bonds. The molecule has 0 heterocycles. The highest BCUT2D eigenvalue weighted by atomic mass is 16.6. The van der Waals surface area contributed by atoms with Gasteiger partial charge in [0, 0.05) is 44.9 Å². The number of nitrogens with zero attached hydrogens (tertiary/aromatic N) is 4. The van der Waals surface area contributed by atoms with Crippen LogP contribution in [-0.2, 0) is 6.42 Å². The van der Waals surface area contributed by atoms with E-state index in [1.165, 1.54) is 6.42 Å². The molecule has 1 aromatic rings. The van der Waals surface area contributed by atoms with Crippen LogP contribution in [0.15, 0.2) is 24.3 Å². The second kappa shape index (κ2) is 12.0. The number of hydrogen-bond acceptors (Lipinski definition) is 5. The Morgan fingerprint density at radius 2 is 1.42 bits per heavy atom. The van der Waals surface area contributed by atoms with Crippen LogP contribution in [0.25, 0.3) is 0 Å². The minimum absolute atomic E-state index is 0.158. The summed E-state index contributed by atoms with van der Waals surface area (Å²) in [5.74, 6) is 0.516. The van der Waals surface area contributed by atoms with E-state index in [2.05, 4.69) is 49.7 Å². The molecule has 1 unspecified atom stereocenters. The summed E-state index contributed by atoms with van der Waals surface area (Å²) in [6.45, 7) is 11.0. The molecule has 1 atom stereocenters. The summed E-state index contributed by atoms with van der Waals surface area (Å²) in [5.41, 5.74) is 1.32. The first-order chi connectivity index (χ1) is 12.3. The molecule has 0 aliphatic heterocycles. The van der Waals surface area contributed by atoms with Crippen LogP contribution in [0, 0.1) is 16.0 Å². The van der Waals surface area contributed by atoms with Crippen molar-refractivity contribution >= 4 is 5.69 Å². The Bertz CT molecular complexity index is 521. The number of likely N-dealkylation sites (N-methyl/N-ethyl adjacent to an activating group) is 3. The van der Waals surface area contributed by atoms with Gasteiger partial charge in [0.05, 0.1) is 4.92 Å². The van der Waals surface area contributed by atoms with E-state index in [1.54, 1.807) is 12.1 Å². The Hall–Kier alpha value is -1.50. The predicted octanol–water partition coefficient (Wildman–Crippen LogP) is 2.98. The molecule has 0 bridgehead atoms. The smallest absolute Gasteiger partial charge is 0.269 e. The summed E-state index contributed by atoms with van der Waals surface area (Å²) >= 11 is 0. The first kappa shape index (κ1) is 22.5. The molecular weight excluding hydrogens is 328 g/mol.